The van der Waals surface area contributed by atoms with E-state index in [1.165, 1.54) is 4.90 Å². The molecule has 22 heavy (non-hydrogen) atoms. The number of hydrogen-bond donors (Lipinski definition) is 0. The average Bonchev–Trinajstić information content (AvgIpc) is 2.95. The number of carbonyl (C=O) groups is 1. The number of halogens is 3. The lowest BCUT2D eigenvalue weighted by Gasteiger charge is -2.36. The van der Waals surface area contributed by atoms with Gasteiger partial charge in [0.25, 0.3) is 0 Å². The third-order valence-corrected chi connectivity index (χ3v) is 6.06. The van der Waals surface area contributed by atoms with E-state index >= 15 is 0 Å². The molecule has 0 aromatic carbocycles. The zero-order valence-corrected chi connectivity index (χ0v) is 14.1. The molecule has 2 fully saturated rings. The van der Waals surface area contributed by atoms with Gasteiger partial charge in [0.05, 0.1) is 12.5 Å². The Morgan fingerprint density at radius 3 is 2.64 bits per heavy atom. The predicted octanol–water partition coefficient (Wildman–Crippen LogP) is 3.00. The zero-order chi connectivity index (χ0) is 16.3. The summed E-state index contributed by atoms with van der Waals surface area (Å²) in [6.45, 7) is 0.509. The molecule has 0 bridgehead atoms. The third-order valence-electron chi connectivity index (χ3n) is 4.91. The van der Waals surface area contributed by atoms with E-state index in [2.05, 4.69) is 6.26 Å². The normalized spacial score (nSPS) is 30.1. The van der Waals surface area contributed by atoms with E-state index in [9.17, 15) is 18.0 Å². The molecule has 2 aliphatic rings. The summed E-state index contributed by atoms with van der Waals surface area (Å²) in [5.41, 5.74) is 0. The second-order valence-electron chi connectivity index (χ2n) is 6.41. The van der Waals surface area contributed by atoms with E-state index < -0.39 is 12.1 Å². The van der Waals surface area contributed by atoms with Gasteiger partial charge in [-0.15, -0.1) is 0 Å². The van der Waals surface area contributed by atoms with Crippen molar-refractivity contribution in [2.75, 3.05) is 32.9 Å². The van der Waals surface area contributed by atoms with Gasteiger partial charge in [0, 0.05) is 24.4 Å². The number of nitrogens with zero attached hydrogens (tertiary/aromatic N) is 2. The molecule has 1 heterocycles. The second-order valence-corrected chi connectivity index (χ2v) is 7.48. The summed E-state index contributed by atoms with van der Waals surface area (Å²) < 4.78 is 38.5. The topological polar surface area (TPSA) is 23.6 Å². The van der Waals surface area contributed by atoms with E-state index in [-0.39, 0.29) is 25.4 Å². The lowest BCUT2D eigenvalue weighted by Crippen LogP contribution is -2.49. The number of amides is 1. The monoisotopic (exact) mass is 338 g/mol. The van der Waals surface area contributed by atoms with Gasteiger partial charge in [-0.1, -0.05) is 6.42 Å². The third kappa shape index (κ3) is 4.31. The van der Waals surface area contributed by atoms with Crippen LogP contribution in [0.4, 0.5) is 13.2 Å². The van der Waals surface area contributed by atoms with E-state index in [0.29, 0.717) is 24.3 Å². The summed E-state index contributed by atoms with van der Waals surface area (Å²) >= 11 is 1.82. The molecule has 7 heteroatoms. The molecule has 1 saturated carbocycles. The number of rotatable bonds is 4. The first kappa shape index (κ1) is 17.9. The fourth-order valence-corrected chi connectivity index (χ4v) is 4.65. The molecular weight excluding hydrogens is 313 g/mol. The molecule has 0 radical (unpaired) electrons. The Bertz CT molecular complexity index is 391. The average molecular weight is 338 g/mol. The Kier molecular flexibility index (Phi) is 6.05. The number of thioether (sulfide) groups is 1. The molecule has 3 atom stereocenters. The van der Waals surface area contributed by atoms with Crippen molar-refractivity contribution in [3.63, 3.8) is 0 Å². The van der Waals surface area contributed by atoms with Gasteiger partial charge < -0.3 is 4.90 Å². The number of likely N-dealkylation sites (N-methyl/N-ethyl adjacent to an activating group) is 1. The zero-order valence-electron chi connectivity index (χ0n) is 13.2. The maximum atomic E-state index is 12.8. The molecule has 1 aliphatic carbocycles. The minimum atomic E-state index is -4.19. The van der Waals surface area contributed by atoms with Crippen LogP contribution in [0.5, 0.6) is 0 Å². The molecule has 2 rings (SSSR count). The van der Waals surface area contributed by atoms with Gasteiger partial charge in [-0.2, -0.15) is 24.9 Å². The quantitative estimate of drug-likeness (QED) is 0.787. The van der Waals surface area contributed by atoms with E-state index in [4.69, 9.17) is 0 Å². The van der Waals surface area contributed by atoms with Crippen molar-refractivity contribution in [2.45, 2.75) is 49.6 Å². The van der Waals surface area contributed by atoms with Crippen molar-refractivity contribution in [1.29, 1.82) is 0 Å². The molecule has 3 unspecified atom stereocenters. The van der Waals surface area contributed by atoms with Crippen LogP contribution < -0.4 is 0 Å². The van der Waals surface area contributed by atoms with Crippen LogP contribution >= 0.6 is 11.8 Å². The Hall–Kier alpha value is -0.430. The van der Waals surface area contributed by atoms with Crippen LogP contribution in [-0.4, -0.2) is 66.1 Å². The maximum absolute atomic E-state index is 12.8. The van der Waals surface area contributed by atoms with Crippen molar-refractivity contribution in [3.8, 4) is 0 Å². The molecule has 3 nitrogen and oxygen atoms in total. The Labute approximate surface area is 134 Å². The highest BCUT2D eigenvalue weighted by molar-refractivity contribution is 7.99. The molecule has 0 aromatic heterocycles. The first-order valence-corrected chi connectivity index (χ1v) is 9.19. The Morgan fingerprint density at radius 2 is 2.00 bits per heavy atom. The number of alkyl halides is 3. The fourth-order valence-electron chi connectivity index (χ4n) is 3.59. The SMILES string of the molecule is CSC1CCCC1N(C)CC(=O)N1CCCC(C(F)(F)F)C1. The number of piperidine rings is 1. The Balaban J connectivity index is 1.88. The van der Waals surface area contributed by atoms with Crippen molar-refractivity contribution in [3.05, 3.63) is 0 Å². The smallest absolute Gasteiger partial charge is 0.341 e. The van der Waals surface area contributed by atoms with Crippen LogP contribution in [0.3, 0.4) is 0 Å². The molecule has 1 aliphatic heterocycles. The summed E-state index contributed by atoms with van der Waals surface area (Å²) in [5.74, 6) is -1.52. The summed E-state index contributed by atoms with van der Waals surface area (Å²) in [7, 11) is 1.92. The highest BCUT2D eigenvalue weighted by atomic mass is 32.2. The van der Waals surface area contributed by atoms with Gasteiger partial charge >= 0.3 is 6.18 Å². The summed E-state index contributed by atoms with van der Waals surface area (Å²) in [6.07, 6.45) is 1.85. The van der Waals surface area contributed by atoms with Crippen LogP contribution in [0, 0.1) is 5.92 Å². The summed E-state index contributed by atoms with van der Waals surface area (Å²) in [5, 5.41) is 0.530. The summed E-state index contributed by atoms with van der Waals surface area (Å²) in [4.78, 5) is 15.8. The van der Waals surface area contributed by atoms with E-state index in [1.807, 2.05) is 23.7 Å². The van der Waals surface area contributed by atoms with Crippen LogP contribution in [0.1, 0.15) is 32.1 Å². The van der Waals surface area contributed by atoms with Gasteiger partial charge in [-0.25, -0.2) is 0 Å². The number of hydrogen-bond acceptors (Lipinski definition) is 3. The molecular formula is C15H25F3N2OS. The van der Waals surface area contributed by atoms with Crippen molar-refractivity contribution < 1.29 is 18.0 Å². The number of carbonyl (C=O) groups excluding carboxylic acids is 1. The predicted molar refractivity (Wildman–Crippen MR) is 82.9 cm³/mol. The number of likely N-dealkylation sites (tertiary alicyclic amines) is 1. The van der Waals surface area contributed by atoms with Crippen LogP contribution in [0.15, 0.2) is 0 Å². The maximum Gasteiger partial charge on any atom is 0.393 e. The first-order valence-electron chi connectivity index (χ1n) is 7.90. The lowest BCUT2D eigenvalue weighted by molar-refractivity contribution is -0.188. The molecule has 1 amide bonds. The fraction of sp³-hybridized carbons (Fsp3) is 0.933. The molecule has 128 valence electrons. The van der Waals surface area contributed by atoms with Gasteiger partial charge in [-0.05, 0) is 39.0 Å². The summed E-state index contributed by atoms with van der Waals surface area (Å²) in [6, 6.07) is 0.363. The van der Waals surface area contributed by atoms with E-state index in [1.54, 1.807) is 0 Å². The van der Waals surface area contributed by atoms with Gasteiger partial charge in [0.2, 0.25) is 5.91 Å². The van der Waals surface area contributed by atoms with Gasteiger partial charge in [-0.3, -0.25) is 9.69 Å². The molecule has 0 spiro atoms. The van der Waals surface area contributed by atoms with Crippen molar-refractivity contribution >= 4 is 17.7 Å². The van der Waals surface area contributed by atoms with Crippen LogP contribution in [0.2, 0.25) is 0 Å². The highest BCUT2D eigenvalue weighted by Crippen LogP contribution is 2.34. The van der Waals surface area contributed by atoms with Crippen LogP contribution in [0.25, 0.3) is 0 Å². The van der Waals surface area contributed by atoms with Crippen molar-refractivity contribution in [1.82, 2.24) is 9.80 Å². The van der Waals surface area contributed by atoms with Crippen molar-refractivity contribution in [2.24, 2.45) is 5.92 Å². The molecule has 0 N–H and O–H groups in total. The lowest BCUT2D eigenvalue weighted by atomic mass is 9.97. The van der Waals surface area contributed by atoms with Gasteiger partial charge in [0.1, 0.15) is 0 Å². The first-order chi connectivity index (χ1) is 10.3. The minimum absolute atomic E-state index is 0.139. The second kappa shape index (κ2) is 7.43. The van der Waals surface area contributed by atoms with E-state index in [0.717, 1.165) is 19.3 Å². The minimum Gasteiger partial charge on any atom is -0.341 e. The van der Waals surface area contributed by atoms with Crippen LogP contribution in [-0.2, 0) is 4.79 Å². The standard InChI is InChI=1S/C15H25F3N2OS/c1-19(12-6-3-7-13(12)22-2)10-14(21)20-8-4-5-11(9-20)15(16,17)18/h11-13H,3-10H2,1-2H3. The Morgan fingerprint density at radius 1 is 1.27 bits per heavy atom. The molecule has 1 saturated heterocycles. The largest absolute Gasteiger partial charge is 0.393 e. The highest BCUT2D eigenvalue weighted by Gasteiger charge is 2.43. The van der Waals surface area contributed by atoms with Gasteiger partial charge in [0.15, 0.2) is 0 Å². The molecule has 0 aromatic rings.